The second kappa shape index (κ2) is 5.42. The summed E-state index contributed by atoms with van der Waals surface area (Å²) in [7, 11) is 3.78. The predicted octanol–water partition coefficient (Wildman–Crippen LogP) is 1.45. The fourth-order valence-corrected chi connectivity index (χ4v) is 2.12. The highest BCUT2D eigenvalue weighted by molar-refractivity contribution is 5.51. The largest absolute Gasteiger partial charge is 0.487 e. The monoisotopic (exact) mass is 275 g/mol. The number of aromatic nitrogens is 2. The number of fused-ring (bicyclic) bond motifs is 1. The zero-order valence-electron chi connectivity index (χ0n) is 11.5. The lowest BCUT2D eigenvalue weighted by molar-refractivity contribution is 0.173. The molecule has 1 N–H and O–H groups in total. The molecule has 2 aromatic rings. The van der Waals surface area contributed by atoms with E-state index in [9.17, 15) is 0 Å². The van der Waals surface area contributed by atoms with Gasteiger partial charge in [-0.3, -0.25) is 4.68 Å². The molecule has 106 valence electrons. The number of hydrogen-bond acceptors (Lipinski definition) is 5. The second-order valence-electron chi connectivity index (χ2n) is 4.61. The molecule has 1 aliphatic rings. The Bertz CT molecular complexity index is 610. The summed E-state index contributed by atoms with van der Waals surface area (Å²) in [4.78, 5) is 0. The lowest BCUT2D eigenvalue weighted by Gasteiger charge is -2.11. The van der Waals surface area contributed by atoms with Crippen LogP contribution in [0.1, 0.15) is 11.3 Å². The summed E-state index contributed by atoms with van der Waals surface area (Å²) < 4.78 is 18.4. The van der Waals surface area contributed by atoms with E-state index in [1.807, 2.05) is 38.5 Å². The molecule has 3 rings (SSSR count). The van der Waals surface area contributed by atoms with Crippen molar-refractivity contribution in [3.63, 3.8) is 0 Å². The van der Waals surface area contributed by atoms with Gasteiger partial charge < -0.3 is 19.5 Å². The van der Waals surface area contributed by atoms with Crippen LogP contribution in [-0.2, 0) is 20.2 Å². The molecule has 0 unspecified atom stereocenters. The number of aryl methyl sites for hydroxylation is 1. The Kier molecular flexibility index (Phi) is 3.47. The van der Waals surface area contributed by atoms with Gasteiger partial charge in [0.25, 0.3) is 0 Å². The van der Waals surface area contributed by atoms with Gasteiger partial charge in [-0.15, -0.1) is 0 Å². The molecule has 1 aromatic heterocycles. The highest BCUT2D eigenvalue weighted by Gasteiger charge is 2.18. The molecule has 0 atom stereocenters. The van der Waals surface area contributed by atoms with Crippen LogP contribution in [0, 0.1) is 0 Å². The van der Waals surface area contributed by atoms with E-state index in [1.54, 1.807) is 4.68 Å². The lowest BCUT2D eigenvalue weighted by Crippen LogP contribution is -2.08. The van der Waals surface area contributed by atoms with Gasteiger partial charge in [0.1, 0.15) is 12.4 Å². The minimum absolute atomic E-state index is 0.262. The maximum atomic E-state index is 5.86. The van der Waals surface area contributed by atoms with E-state index in [0.29, 0.717) is 13.2 Å². The van der Waals surface area contributed by atoms with Crippen molar-refractivity contribution in [2.75, 3.05) is 13.8 Å². The smallest absolute Gasteiger partial charge is 0.231 e. The Labute approximate surface area is 117 Å². The Balaban J connectivity index is 1.80. The molecular formula is C14H17N3O3. The Morgan fingerprint density at radius 1 is 1.35 bits per heavy atom. The van der Waals surface area contributed by atoms with Gasteiger partial charge in [0.2, 0.25) is 6.79 Å². The third-order valence-corrected chi connectivity index (χ3v) is 3.07. The highest BCUT2D eigenvalue weighted by Crippen LogP contribution is 2.38. The van der Waals surface area contributed by atoms with E-state index in [-0.39, 0.29) is 6.79 Å². The van der Waals surface area contributed by atoms with Gasteiger partial charge in [-0.25, -0.2) is 0 Å². The van der Waals surface area contributed by atoms with Gasteiger partial charge in [0.15, 0.2) is 11.5 Å². The Hall–Kier alpha value is -2.21. The number of nitrogens with zero attached hydrogens (tertiary/aromatic N) is 2. The molecule has 1 aromatic carbocycles. The van der Waals surface area contributed by atoms with Crippen molar-refractivity contribution in [2.45, 2.75) is 13.2 Å². The SMILES string of the molecule is CNCc1cc2c(cc1OCc1ccn(C)n1)OCO2. The summed E-state index contributed by atoms with van der Waals surface area (Å²) in [5, 5.41) is 7.42. The first kappa shape index (κ1) is 12.8. The minimum Gasteiger partial charge on any atom is -0.487 e. The van der Waals surface area contributed by atoms with E-state index < -0.39 is 0 Å². The van der Waals surface area contributed by atoms with Crippen LogP contribution in [0.25, 0.3) is 0 Å². The number of nitrogens with one attached hydrogen (secondary N) is 1. The van der Waals surface area contributed by atoms with Gasteiger partial charge in [0, 0.05) is 31.4 Å². The fraction of sp³-hybridized carbons (Fsp3) is 0.357. The lowest BCUT2D eigenvalue weighted by atomic mass is 10.1. The van der Waals surface area contributed by atoms with Crippen LogP contribution < -0.4 is 19.5 Å². The van der Waals surface area contributed by atoms with E-state index in [0.717, 1.165) is 28.5 Å². The van der Waals surface area contributed by atoms with Crippen molar-refractivity contribution in [1.82, 2.24) is 15.1 Å². The summed E-state index contributed by atoms with van der Waals surface area (Å²) in [6.45, 7) is 1.39. The average molecular weight is 275 g/mol. The van der Waals surface area contributed by atoms with Crippen molar-refractivity contribution in [3.05, 3.63) is 35.7 Å². The molecule has 0 spiro atoms. The second-order valence-corrected chi connectivity index (χ2v) is 4.61. The van der Waals surface area contributed by atoms with Gasteiger partial charge >= 0.3 is 0 Å². The zero-order chi connectivity index (χ0) is 13.9. The molecule has 0 aliphatic carbocycles. The molecule has 6 nitrogen and oxygen atoms in total. The quantitative estimate of drug-likeness (QED) is 0.895. The third-order valence-electron chi connectivity index (χ3n) is 3.07. The van der Waals surface area contributed by atoms with E-state index in [2.05, 4.69) is 10.4 Å². The first-order valence-corrected chi connectivity index (χ1v) is 6.44. The molecule has 0 bridgehead atoms. The normalized spacial score (nSPS) is 12.7. The maximum absolute atomic E-state index is 5.86. The van der Waals surface area contributed by atoms with Crippen molar-refractivity contribution in [1.29, 1.82) is 0 Å². The minimum atomic E-state index is 0.262. The highest BCUT2D eigenvalue weighted by atomic mass is 16.7. The number of ether oxygens (including phenoxy) is 3. The molecule has 20 heavy (non-hydrogen) atoms. The molecular weight excluding hydrogens is 258 g/mol. The molecule has 2 heterocycles. The summed E-state index contributed by atoms with van der Waals surface area (Å²) >= 11 is 0. The molecule has 6 heteroatoms. The average Bonchev–Trinajstić information content (AvgIpc) is 3.04. The Morgan fingerprint density at radius 2 is 2.15 bits per heavy atom. The van der Waals surface area contributed by atoms with Crippen molar-refractivity contribution in [3.8, 4) is 17.2 Å². The van der Waals surface area contributed by atoms with E-state index in [1.165, 1.54) is 0 Å². The van der Waals surface area contributed by atoms with Crippen LogP contribution in [0.4, 0.5) is 0 Å². The van der Waals surface area contributed by atoms with Gasteiger partial charge in [-0.1, -0.05) is 0 Å². The van der Waals surface area contributed by atoms with Crippen LogP contribution in [0.3, 0.4) is 0 Å². The van der Waals surface area contributed by atoms with Gasteiger partial charge in [-0.05, 0) is 19.2 Å². The zero-order valence-corrected chi connectivity index (χ0v) is 11.5. The molecule has 1 aliphatic heterocycles. The van der Waals surface area contributed by atoms with E-state index in [4.69, 9.17) is 14.2 Å². The molecule has 0 radical (unpaired) electrons. The third kappa shape index (κ3) is 2.55. The number of benzene rings is 1. The van der Waals surface area contributed by atoms with Crippen LogP contribution in [-0.4, -0.2) is 23.6 Å². The first-order valence-electron chi connectivity index (χ1n) is 6.44. The van der Waals surface area contributed by atoms with Gasteiger partial charge in [0.05, 0.1) is 5.69 Å². The molecule has 0 amide bonds. The van der Waals surface area contributed by atoms with Gasteiger partial charge in [-0.2, -0.15) is 5.10 Å². The molecule has 0 saturated heterocycles. The number of rotatable bonds is 5. The van der Waals surface area contributed by atoms with Crippen LogP contribution in [0.5, 0.6) is 17.2 Å². The van der Waals surface area contributed by atoms with Crippen molar-refractivity contribution in [2.24, 2.45) is 7.05 Å². The molecule has 0 saturated carbocycles. The molecule has 0 fully saturated rings. The summed E-state index contributed by atoms with van der Waals surface area (Å²) in [5.74, 6) is 2.27. The first-order chi connectivity index (χ1) is 9.76. The fourth-order valence-electron chi connectivity index (χ4n) is 2.12. The number of hydrogen-bond donors (Lipinski definition) is 1. The standard InChI is InChI=1S/C14H17N3O3/c1-15-7-10-5-13-14(20-9-19-13)6-12(10)18-8-11-3-4-17(2)16-11/h3-6,15H,7-9H2,1-2H3. The van der Waals surface area contributed by atoms with Crippen molar-refractivity contribution >= 4 is 0 Å². The van der Waals surface area contributed by atoms with Crippen molar-refractivity contribution < 1.29 is 14.2 Å². The Morgan fingerprint density at radius 3 is 2.85 bits per heavy atom. The summed E-state index contributed by atoms with van der Waals surface area (Å²) in [6.07, 6.45) is 1.90. The van der Waals surface area contributed by atoms with Crippen LogP contribution in [0.15, 0.2) is 24.4 Å². The summed E-state index contributed by atoms with van der Waals surface area (Å²) in [6, 6.07) is 5.76. The van der Waals surface area contributed by atoms with Crippen LogP contribution >= 0.6 is 0 Å². The predicted molar refractivity (Wildman–Crippen MR) is 72.9 cm³/mol. The topological polar surface area (TPSA) is 57.5 Å². The van der Waals surface area contributed by atoms with Crippen LogP contribution in [0.2, 0.25) is 0 Å². The van der Waals surface area contributed by atoms with E-state index >= 15 is 0 Å². The summed E-state index contributed by atoms with van der Waals surface area (Å²) in [5.41, 5.74) is 1.92. The maximum Gasteiger partial charge on any atom is 0.231 e.